The predicted octanol–water partition coefficient (Wildman–Crippen LogP) is 2.09. The van der Waals surface area contributed by atoms with Gasteiger partial charge in [0.05, 0.1) is 6.04 Å². The number of hydrogen-bond acceptors (Lipinski definition) is 4. The highest BCUT2D eigenvalue weighted by Crippen LogP contribution is 2.19. The van der Waals surface area contributed by atoms with Crippen molar-refractivity contribution in [3.8, 4) is 5.75 Å². The van der Waals surface area contributed by atoms with Crippen molar-refractivity contribution in [3.05, 3.63) is 30.1 Å². The van der Waals surface area contributed by atoms with Crippen LogP contribution in [0.15, 0.2) is 29.3 Å². The topological polar surface area (TPSA) is 56.8 Å². The Morgan fingerprint density at radius 2 is 2.22 bits per heavy atom. The highest BCUT2D eigenvalue weighted by Gasteiger charge is 2.21. The van der Waals surface area contributed by atoms with E-state index >= 15 is 0 Å². The van der Waals surface area contributed by atoms with E-state index in [0.717, 1.165) is 12.8 Å². The molecule has 0 bridgehead atoms. The van der Waals surface area contributed by atoms with Gasteiger partial charge >= 0.3 is 0 Å². The lowest BCUT2D eigenvalue weighted by molar-refractivity contribution is 0.168. The fourth-order valence-electron chi connectivity index (χ4n) is 1.86. The van der Waals surface area contributed by atoms with E-state index in [1.54, 1.807) is 12.1 Å². The lowest BCUT2D eigenvalue weighted by Gasteiger charge is -2.19. The van der Waals surface area contributed by atoms with Gasteiger partial charge in [-0.15, -0.1) is 0 Å². The molecule has 2 unspecified atom stereocenters. The van der Waals surface area contributed by atoms with Crippen molar-refractivity contribution >= 4 is 6.02 Å². The Kier molecular flexibility index (Phi) is 4.02. The van der Waals surface area contributed by atoms with E-state index in [1.165, 1.54) is 12.1 Å². The lowest BCUT2D eigenvalue weighted by atomic mass is 10.1. The molecule has 2 rings (SSSR count). The van der Waals surface area contributed by atoms with Gasteiger partial charge in [0.15, 0.2) is 0 Å². The summed E-state index contributed by atoms with van der Waals surface area (Å²) in [5.41, 5.74) is 5.46. The van der Waals surface area contributed by atoms with E-state index in [4.69, 9.17) is 15.2 Å². The van der Waals surface area contributed by atoms with Crippen LogP contribution in [0.3, 0.4) is 0 Å². The summed E-state index contributed by atoms with van der Waals surface area (Å²) < 4.78 is 23.7. The van der Waals surface area contributed by atoms with E-state index in [9.17, 15) is 4.39 Å². The minimum absolute atomic E-state index is 0.0266. The van der Waals surface area contributed by atoms with E-state index in [0.29, 0.717) is 12.4 Å². The van der Waals surface area contributed by atoms with Crippen molar-refractivity contribution in [1.82, 2.24) is 0 Å². The van der Waals surface area contributed by atoms with E-state index in [-0.39, 0.29) is 24.0 Å². The van der Waals surface area contributed by atoms with Crippen LogP contribution in [-0.2, 0) is 4.74 Å². The first kappa shape index (κ1) is 12.7. The second-order valence-electron chi connectivity index (χ2n) is 4.27. The van der Waals surface area contributed by atoms with Crippen LogP contribution in [0.2, 0.25) is 0 Å². The second kappa shape index (κ2) is 5.71. The summed E-state index contributed by atoms with van der Waals surface area (Å²) in [6, 6.07) is 6.32. The van der Waals surface area contributed by atoms with Crippen molar-refractivity contribution in [3.63, 3.8) is 0 Å². The zero-order chi connectivity index (χ0) is 13.0. The van der Waals surface area contributed by atoms with Crippen LogP contribution in [0.1, 0.15) is 19.8 Å². The minimum atomic E-state index is -0.267. The molecule has 98 valence electrons. The molecule has 0 saturated heterocycles. The average molecular weight is 252 g/mol. The first-order valence-electron chi connectivity index (χ1n) is 6.05. The Bertz CT molecular complexity index is 420. The fraction of sp³-hybridized carbons (Fsp3) is 0.462. The first-order chi connectivity index (χ1) is 8.67. The highest BCUT2D eigenvalue weighted by atomic mass is 19.1. The number of hydrogen-bond donors (Lipinski definition) is 1. The van der Waals surface area contributed by atoms with Gasteiger partial charge in [0, 0.05) is 6.42 Å². The molecule has 4 nitrogen and oxygen atoms in total. The molecule has 0 fully saturated rings. The molecule has 0 spiro atoms. The number of amidine groups is 1. The van der Waals surface area contributed by atoms with Crippen LogP contribution in [0.25, 0.3) is 0 Å². The van der Waals surface area contributed by atoms with E-state index < -0.39 is 0 Å². The van der Waals surface area contributed by atoms with Gasteiger partial charge in [-0.1, -0.05) is 6.92 Å². The molecular formula is C13H17FN2O2. The van der Waals surface area contributed by atoms with Gasteiger partial charge in [-0.25, -0.2) is 9.38 Å². The van der Waals surface area contributed by atoms with Gasteiger partial charge in [-0.05, 0) is 30.7 Å². The molecule has 2 N–H and O–H groups in total. The van der Waals surface area contributed by atoms with Gasteiger partial charge in [0.25, 0.3) is 6.02 Å². The first-order valence-corrected chi connectivity index (χ1v) is 6.05. The molecule has 1 aromatic carbocycles. The number of aliphatic imine (C=N–C) groups is 1. The molecular weight excluding hydrogens is 235 g/mol. The second-order valence-corrected chi connectivity index (χ2v) is 4.27. The van der Waals surface area contributed by atoms with Crippen LogP contribution >= 0.6 is 0 Å². The minimum Gasteiger partial charge on any atom is -0.490 e. The van der Waals surface area contributed by atoms with E-state index in [1.807, 2.05) is 6.92 Å². The average Bonchev–Trinajstić information content (AvgIpc) is 2.77. The van der Waals surface area contributed by atoms with Crippen LogP contribution in [0, 0.1) is 5.82 Å². The SMILES string of the molecule is CCC(CC1COC(N)=N1)Oc1ccc(F)cc1. The monoisotopic (exact) mass is 252 g/mol. The largest absolute Gasteiger partial charge is 0.490 e. The van der Waals surface area contributed by atoms with Crippen molar-refractivity contribution in [1.29, 1.82) is 0 Å². The van der Waals surface area contributed by atoms with E-state index in [2.05, 4.69) is 4.99 Å². The summed E-state index contributed by atoms with van der Waals surface area (Å²) in [6.45, 7) is 2.55. The number of rotatable bonds is 5. The number of nitrogens with two attached hydrogens (primary N) is 1. The summed E-state index contributed by atoms with van der Waals surface area (Å²) in [6.07, 6.45) is 1.62. The Balaban J connectivity index is 1.91. The standard InChI is InChI=1S/C13H17FN2O2/c1-2-11(7-10-8-17-13(15)16-10)18-12-5-3-9(14)4-6-12/h3-6,10-11H,2,7-8H2,1H3,(H2,15,16). The maximum Gasteiger partial charge on any atom is 0.282 e. The summed E-state index contributed by atoms with van der Waals surface area (Å²) in [5.74, 6) is 0.399. The number of nitrogens with zero attached hydrogens (tertiary/aromatic N) is 1. The quantitative estimate of drug-likeness (QED) is 0.873. The van der Waals surface area contributed by atoms with Crippen molar-refractivity contribution in [2.24, 2.45) is 10.7 Å². The fourth-order valence-corrected chi connectivity index (χ4v) is 1.86. The van der Waals surface area contributed by atoms with Gasteiger partial charge in [-0.2, -0.15) is 0 Å². The van der Waals surface area contributed by atoms with Gasteiger partial charge in [0.2, 0.25) is 0 Å². The molecule has 1 aromatic rings. The summed E-state index contributed by atoms with van der Waals surface area (Å²) >= 11 is 0. The summed E-state index contributed by atoms with van der Waals surface area (Å²) in [7, 11) is 0. The van der Waals surface area contributed by atoms with Crippen LogP contribution in [0.4, 0.5) is 4.39 Å². The maximum atomic E-state index is 12.8. The Hall–Kier alpha value is -1.78. The van der Waals surface area contributed by atoms with Crippen molar-refractivity contribution < 1.29 is 13.9 Å². The Morgan fingerprint density at radius 3 is 2.78 bits per heavy atom. The van der Waals surface area contributed by atoms with Gasteiger partial charge in [0.1, 0.15) is 24.3 Å². The van der Waals surface area contributed by atoms with Crippen molar-refractivity contribution in [2.75, 3.05) is 6.61 Å². The van der Waals surface area contributed by atoms with Crippen LogP contribution < -0.4 is 10.5 Å². The third kappa shape index (κ3) is 3.35. The maximum absolute atomic E-state index is 12.8. The molecule has 0 radical (unpaired) electrons. The number of halogens is 1. The normalized spacial score (nSPS) is 20.1. The summed E-state index contributed by atoms with van der Waals surface area (Å²) in [4.78, 5) is 4.16. The predicted molar refractivity (Wildman–Crippen MR) is 67.1 cm³/mol. The molecule has 0 amide bonds. The molecule has 1 aliphatic rings. The summed E-state index contributed by atoms with van der Waals surface area (Å²) in [5, 5.41) is 0. The molecule has 5 heteroatoms. The van der Waals surface area contributed by atoms with Crippen LogP contribution in [0.5, 0.6) is 5.75 Å². The zero-order valence-corrected chi connectivity index (χ0v) is 10.3. The Labute approximate surface area is 106 Å². The third-order valence-corrected chi connectivity index (χ3v) is 2.84. The zero-order valence-electron chi connectivity index (χ0n) is 10.3. The third-order valence-electron chi connectivity index (χ3n) is 2.84. The molecule has 1 aliphatic heterocycles. The Morgan fingerprint density at radius 1 is 1.50 bits per heavy atom. The van der Waals surface area contributed by atoms with Crippen molar-refractivity contribution in [2.45, 2.75) is 31.9 Å². The smallest absolute Gasteiger partial charge is 0.282 e. The molecule has 0 saturated carbocycles. The highest BCUT2D eigenvalue weighted by molar-refractivity contribution is 5.73. The molecule has 0 aliphatic carbocycles. The van der Waals surface area contributed by atoms with Crippen LogP contribution in [-0.4, -0.2) is 24.8 Å². The lowest BCUT2D eigenvalue weighted by Crippen LogP contribution is -2.22. The molecule has 18 heavy (non-hydrogen) atoms. The molecule has 1 heterocycles. The number of benzene rings is 1. The molecule has 2 atom stereocenters. The van der Waals surface area contributed by atoms with Gasteiger partial charge < -0.3 is 15.2 Å². The number of ether oxygens (including phenoxy) is 2. The van der Waals surface area contributed by atoms with Gasteiger partial charge in [-0.3, -0.25) is 0 Å². The molecule has 0 aromatic heterocycles.